The van der Waals surface area contributed by atoms with Gasteiger partial charge in [0.25, 0.3) is 5.91 Å². The quantitative estimate of drug-likeness (QED) is 0.474. The van der Waals surface area contributed by atoms with Crippen molar-refractivity contribution in [3.05, 3.63) is 96.1 Å². The Hall–Kier alpha value is -3.93. The third-order valence-electron chi connectivity index (χ3n) is 4.98. The lowest BCUT2D eigenvalue weighted by Crippen LogP contribution is -2.26. The van der Waals surface area contributed by atoms with Crippen molar-refractivity contribution < 1.29 is 14.3 Å². The zero-order valence-electron chi connectivity index (χ0n) is 17.0. The molecule has 1 heterocycles. The summed E-state index contributed by atoms with van der Waals surface area (Å²) >= 11 is 0. The summed E-state index contributed by atoms with van der Waals surface area (Å²) in [6.07, 6.45) is 1.47. The zero-order chi connectivity index (χ0) is 21.5. The lowest BCUT2D eigenvalue weighted by molar-refractivity contribution is -0.123. The average molecular weight is 413 g/mol. The highest BCUT2D eigenvalue weighted by molar-refractivity contribution is 6.13. The van der Waals surface area contributed by atoms with E-state index in [1.54, 1.807) is 17.0 Å². The minimum absolute atomic E-state index is 0.138. The van der Waals surface area contributed by atoms with Crippen LogP contribution in [0.5, 0.6) is 5.75 Å². The van der Waals surface area contributed by atoms with Crippen molar-refractivity contribution in [1.29, 1.82) is 0 Å². The third-order valence-corrected chi connectivity index (χ3v) is 4.98. The highest BCUT2D eigenvalue weighted by Gasteiger charge is 2.21. The van der Waals surface area contributed by atoms with Gasteiger partial charge in [-0.1, -0.05) is 60.7 Å². The second-order valence-corrected chi connectivity index (χ2v) is 7.16. The van der Waals surface area contributed by atoms with Gasteiger partial charge in [-0.15, -0.1) is 0 Å². The van der Waals surface area contributed by atoms with Crippen LogP contribution in [0.15, 0.2) is 90.0 Å². The molecular weight excluding hydrogens is 390 g/mol. The maximum Gasteiger partial charge on any atom is 0.277 e. The monoisotopic (exact) mass is 413 g/mol. The van der Waals surface area contributed by atoms with Crippen LogP contribution >= 0.6 is 0 Å². The number of hydrogen-bond donors (Lipinski definition) is 1. The largest absolute Gasteiger partial charge is 0.484 e. The van der Waals surface area contributed by atoms with Crippen molar-refractivity contribution in [3.8, 4) is 5.75 Å². The Kier molecular flexibility index (Phi) is 6.38. The molecule has 1 fully saturated rings. The Morgan fingerprint density at radius 2 is 1.52 bits per heavy atom. The van der Waals surface area contributed by atoms with Crippen LogP contribution in [0, 0.1) is 0 Å². The number of rotatable bonds is 7. The number of ether oxygens (including phenoxy) is 1. The zero-order valence-corrected chi connectivity index (χ0v) is 17.0. The molecule has 0 unspecified atom stereocenters. The van der Waals surface area contributed by atoms with Gasteiger partial charge in [0.15, 0.2) is 6.61 Å². The molecule has 156 valence electrons. The number of anilines is 1. The third kappa shape index (κ3) is 5.17. The first kappa shape index (κ1) is 20.3. The summed E-state index contributed by atoms with van der Waals surface area (Å²) in [7, 11) is 0. The van der Waals surface area contributed by atoms with Crippen LogP contribution in [0.1, 0.15) is 24.0 Å². The summed E-state index contributed by atoms with van der Waals surface area (Å²) in [6, 6.07) is 26.5. The van der Waals surface area contributed by atoms with Gasteiger partial charge in [0.05, 0.1) is 5.71 Å². The van der Waals surface area contributed by atoms with Gasteiger partial charge in [-0.2, -0.15) is 5.10 Å². The lowest BCUT2D eigenvalue weighted by Gasteiger charge is -2.16. The number of nitrogens with zero attached hydrogens (tertiary/aromatic N) is 2. The van der Waals surface area contributed by atoms with Gasteiger partial charge >= 0.3 is 0 Å². The minimum atomic E-state index is -0.358. The molecule has 3 aromatic carbocycles. The molecule has 1 N–H and O–H groups in total. The summed E-state index contributed by atoms with van der Waals surface area (Å²) in [4.78, 5) is 25.9. The first-order valence-corrected chi connectivity index (χ1v) is 10.2. The van der Waals surface area contributed by atoms with Crippen LogP contribution in [0.2, 0.25) is 0 Å². The molecule has 0 atom stereocenters. The van der Waals surface area contributed by atoms with E-state index in [9.17, 15) is 9.59 Å². The normalized spacial score (nSPS) is 13.0. The molecule has 1 aliphatic rings. The van der Waals surface area contributed by atoms with E-state index in [-0.39, 0.29) is 18.4 Å². The number of carbonyl (C=O) groups is 2. The van der Waals surface area contributed by atoms with Crippen LogP contribution in [0.4, 0.5) is 5.69 Å². The Balaban J connectivity index is 1.38. The molecule has 0 aromatic heterocycles. The number of hydrogen-bond acceptors (Lipinski definition) is 4. The fraction of sp³-hybridized carbons (Fsp3) is 0.160. The number of benzene rings is 3. The van der Waals surface area contributed by atoms with Gasteiger partial charge in [0.1, 0.15) is 5.75 Å². The molecule has 1 saturated heterocycles. The molecule has 0 bridgehead atoms. The van der Waals surface area contributed by atoms with E-state index >= 15 is 0 Å². The Morgan fingerprint density at radius 1 is 0.903 bits per heavy atom. The molecule has 1 aliphatic heterocycles. The van der Waals surface area contributed by atoms with Gasteiger partial charge in [-0.05, 0) is 30.7 Å². The van der Waals surface area contributed by atoms with Gasteiger partial charge in [0, 0.05) is 29.8 Å². The maximum atomic E-state index is 12.3. The van der Waals surface area contributed by atoms with E-state index in [0.717, 1.165) is 29.8 Å². The summed E-state index contributed by atoms with van der Waals surface area (Å²) in [6.45, 7) is 0.576. The Bertz CT molecular complexity index is 1020. The second-order valence-electron chi connectivity index (χ2n) is 7.16. The van der Waals surface area contributed by atoms with Crippen molar-refractivity contribution in [2.75, 3.05) is 18.1 Å². The molecule has 3 aromatic rings. The van der Waals surface area contributed by atoms with Crippen LogP contribution in [-0.4, -0.2) is 30.7 Å². The average Bonchev–Trinajstić information content (AvgIpc) is 3.25. The van der Waals surface area contributed by atoms with E-state index in [0.29, 0.717) is 17.9 Å². The number of carbonyl (C=O) groups excluding carboxylic acids is 2. The predicted octanol–water partition coefficient (Wildman–Crippen LogP) is 3.76. The summed E-state index contributed by atoms with van der Waals surface area (Å²) in [5.74, 6) is 0.336. The molecule has 2 amide bonds. The van der Waals surface area contributed by atoms with E-state index in [4.69, 9.17) is 4.74 Å². The van der Waals surface area contributed by atoms with Gasteiger partial charge in [0.2, 0.25) is 5.91 Å². The van der Waals surface area contributed by atoms with Crippen LogP contribution in [-0.2, 0) is 9.59 Å². The van der Waals surface area contributed by atoms with E-state index in [1.807, 2.05) is 72.8 Å². The van der Waals surface area contributed by atoms with Crippen LogP contribution < -0.4 is 15.1 Å². The smallest absolute Gasteiger partial charge is 0.277 e. The number of nitrogens with one attached hydrogen (secondary N) is 1. The lowest BCUT2D eigenvalue weighted by atomic mass is 10.0. The predicted molar refractivity (Wildman–Crippen MR) is 120 cm³/mol. The molecule has 0 saturated carbocycles. The Labute approximate surface area is 181 Å². The molecular formula is C25H23N3O3. The van der Waals surface area contributed by atoms with Crippen LogP contribution in [0.25, 0.3) is 0 Å². The van der Waals surface area contributed by atoms with Crippen molar-refractivity contribution in [3.63, 3.8) is 0 Å². The molecule has 0 spiro atoms. The first-order chi connectivity index (χ1) is 15.2. The SMILES string of the molecule is O=C(COc1ccc(N2CCCC2=O)cc1)NN=C(c1ccccc1)c1ccccc1. The molecule has 0 aliphatic carbocycles. The summed E-state index contributed by atoms with van der Waals surface area (Å²) < 4.78 is 5.57. The summed E-state index contributed by atoms with van der Waals surface area (Å²) in [5.41, 5.74) is 5.91. The van der Waals surface area contributed by atoms with Crippen molar-refractivity contribution in [2.24, 2.45) is 5.10 Å². The standard InChI is InChI=1S/C25H23N3O3/c29-23(18-31-22-15-13-21(14-16-22)28-17-7-12-24(28)30)26-27-25(19-8-3-1-4-9-19)20-10-5-2-6-11-20/h1-6,8-11,13-16H,7,12,17-18H2,(H,26,29). The Morgan fingerprint density at radius 3 is 2.06 bits per heavy atom. The fourth-order valence-electron chi connectivity index (χ4n) is 3.43. The van der Waals surface area contributed by atoms with E-state index in [2.05, 4.69) is 10.5 Å². The second kappa shape index (κ2) is 9.71. The number of amides is 2. The van der Waals surface area contributed by atoms with Crippen molar-refractivity contribution in [1.82, 2.24) is 5.43 Å². The van der Waals surface area contributed by atoms with Gasteiger partial charge in [-0.3, -0.25) is 9.59 Å². The minimum Gasteiger partial charge on any atom is -0.484 e. The van der Waals surface area contributed by atoms with Crippen LogP contribution in [0.3, 0.4) is 0 Å². The highest BCUT2D eigenvalue weighted by atomic mass is 16.5. The molecule has 6 heteroatoms. The first-order valence-electron chi connectivity index (χ1n) is 10.2. The maximum absolute atomic E-state index is 12.3. The number of hydrazone groups is 1. The van der Waals surface area contributed by atoms with Gasteiger partial charge < -0.3 is 9.64 Å². The van der Waals surface area contributed by atoms with E-state index < -0.39 is 0 Å². The van der Waals surface area contributed by atoms with Crippen molar-refractivity contribution >= 4 is 23.2 Å². The molecule has 0 radical (unpaired) electrons. The summed E-state index contributed by atoms with van der Waals surface area (Å²) in [5, 5.41) is 4.34. The van der Waals surface area contributed by atoms with Gasteiger partial charge in [-0.25, -0.2) is 5.43 Å². The molecule has 4 rings (SSSR count). The highest BCUT2D eigenvalue weighted by Crippen LogP contribution is 2.23. The fourth-order valence-corrected chi connectivity index (χ4v) is 3.43. The van der Waals surface area contributed by atoms with E-state index in [1.165, 1.54) is 0 Å². The molecule has 31 heavy (non-hydrogen) atoms. The van der Waals surface area contributed by atoms with Crippen molar-refractivity contribution in [2.45, 2.75) is 12.8 Å². The topological polar surface area (TPSA) is 71.0 Å². The molecule has 6 nitrogen and oxygen atoms in total.